The van der Waals surface area contributed by atoms with E-state index in [-0.39, 0.29) is 6.61 Å². The summed E-state index contributed by atoms with van der Waals surface area (Å²) in [5.74, 6) is 0.538. The van der Waals surface area contributed by atoms with E-state index in [0.717, 1.165) is 36.9 Å². The van der Waals surface area contributed by atoms with Crippen LogP contribution < -0.4 is 14.5 Å². The highest BCUT2D eigenvalue weighted by molar-refractivity contribution is 6.35. The fraction of sp³-hybridized carbons (Fsp3) is 0.368. The molecule has 0 aromatic heterocycles. The van der Waals surface area contributed by atoms with Crippen molar-refractivity contribution in [1.82, 2.24) is 0 Å². The summed E-state index contributed by atoms with van der Waals surface area (Å²) in [7, 11) is 0. The minimum atomic E-state index is -0.547. The van der Waals surface area contributed by atoms with E-state index < -0.39 is 6.10 Å². The Morgan fingerprint density at radius 1 is 1.04 bits per heavy atom. The number of hydrogen-bond donors (Lipinski definition) is 2. The molecular weight excluding hydrogens is 395 g/mol. The number of nitrogens with one attached hydrogen (secondary N) is 1. The molecule has 2 aromatic carbocycles. The second-order valence-corrected chi connectivity index (χ2v) is 7.74. The van der Waals surface area contributed by atoms with Gasteiger partial charge < -0.3 is 19.6 Å². The number of aliphatic hydroxyl groups is 1. The number of quaternary nitrogens is 1. The normalized spacial score (nSPS) is 16.5. The van der Waals surface area contributed by atoms with Gasteiger partial charge in [0, 0.05) is 15.7 Å². The molecule has 0 bridgehead atoms. The van der Waals surface area contributed by atoms with Crippen LogP contribution in [0.5, 0.6) is 5.75 Å². The maximum atomic E-state index is 10.3. The van der Waals surface area contributed by atoms with Crippen molar-refractivity contribution < 1.29 is 14.7 Å². The average Bonchev–Trinajstić information content (AvgIpc) is 2.61. The van der Waals surface area contributed by atoms with Crippen molar-refractivity contribution in [1.29, 1.82) is 0 Å². The fourth-order valence-electron chi connectivity index (χ4n) is 3.13. The highest BCUT2D eigenvalue weighted by Gasteiger charge is 2.23. The average molecular weight is 417 g/mol. The zero-order valence-electron chi connectivity index (χ0n) is 14.3. The predicted octanol–water partition coefficient (Wildman–Crippen LogP) is 2.79. The number of hydrogen-bond acceptors (Lipinski definition) is 3. The molecule has 1 aliphatic rings. The van der Waals surface area contributed by atoms with Crippen LogP contribution in [0.3, 0.4) is 0 Å². The van der Waals surface area contributed by atoms with Gasteiger partial charge in [-0.1, -0.05) is 40.9 Å². The molecule has 7 heteroatoms. The summed E-state index contributed by atoms with van der Waals surface area (Å²) < 4.78 is 5.62. The zero-order chi connectivity index (χ0) is 18.5. The van der Waals surface area contributed by atoms with Crippen LogP contribution in [0.4, 0.5) is 5.69 Å². The number of piperazine rings is 1. The molecule has 0 amide bonds. The summed E-state index contributed by atoms with van der Waals surface area (Å²) in [6, 6.07) is 13.0. The Morgan fingerprint density at radius 3 is 2.46 bits per heavy atom. The predicted molar refractivity (Wildman–Crippen MR) is 107 cm³/mol. The molecule has 4 nitrogen and oxygen atoms in total. The lowest BCUT2D eigenvalue weighted by Crippen LogP contribution is -3.16. The second-order valence-electron chi connectivity index (χ2n) is 6.46. The lowest BCUT2D eigenvalue weighted by molar-refractivity contribution is -0.903. The van der Waals surface area contributed by atoms with E-state index in [2.05, 4.69) is 11.0 Å². The summed E-state index contributed by atoms with van der Waals surface area (Å²) in [4.78, 5) is 3.69. The van der Waals surface area contributed by atoms with Crippen LogP contribution in [0, 0.1) is 0 Å². The Hall–Kier alpha value is -1.17. The lowest BCUT2D eigenvalue weighted by Gasteiger charge is -2.34. The van der Waals surface area contributed by atoms with Gasteiger partial charge in [0.15, 0.2) is 0 Å². The van der Waals surface area contributed by atoms with Gasteiger partial charge in [0.1, 0.15) is 25.0 Å². The molecular formula is C19H22Cl3N2O2+. The molecule has 1 atom stereocenters. The Bertz CT molecular complexity index is 736. The van der Waals surface area contributed by atoms with E-state index in [1.54, 1.807) is 18.2 Å². The van der Waals surface area contributed by atoms with Gasteiger partial charge in [-0.05, 0) is 36.4 Å². The minimum Gasteiger partial charge on any atom is -0.489 e. The number of ether oxygens (including phenoxy) is 1. The monoisotopic (exact) mass is 415 g/mol. The summed E-state index contributed by atoms with van der Waals surface area (Å²) in [6.07, 6.45) is -0.547. The summed E-state index contributed by atoms with van der Waals surface area (Å²) >= 11 is 18.0. The summed E-state index contributed by atoms with van der Waals surface area (Å²) in [5.41, 5.74) is 1.15. The molecule has 26 heavy (non-hydrogen) atoms. The largest absolute Gasteiger partial charge is 0.489 e. The molecule has 1 unspecified atom stereocenters. The smallest absolute Gasteiger partial charge is 0.138 e. The van der Waals surface area contributed by atoms with Gasteiger partial charge in [0.2, 0.25) is 0 Å². The quantitative estimate of drug-likeness (QED) is 0.760. The standard InChI is InChI=1S/C19H21Cl3N2O2/c20-14-2-1-3-16(10-14)24-8-6-23(7-9-24)12-17(25)13-26-19-5-4-15(21)11-18(19)22/h1-5,10-11,17,25H,6-9,12-13H2/p+1. The summed E-state index contributed by atoms with van der Waals surface area (Å²) in [5, 5.41) is 12.0. The van der Waals surface area contributed by atoms with Crippen molar-refractivity contribution in [3.63, 3.8) is 0 Å². The number of rotatable bonds is 6. The van der Waals surface area contributed by atoms with Crippen molar-refractivity contribution in [3.05, 3.63) is 57.5 Å². The van der Waals surface area contributed by atoms with Gasteiger partial charge in [-0.15, -0.1) is 0 Å². The Balaban J connectivity index is 1.44. The van der Waals surface area contributed by atoms with Gasteiger partial charge in [-0.2, -0.15) is 0 Å². The van der Waals surface area contributed by atoms with Gasteiger partial charge in [0.05, 0.1) is 31.2 Å². The van der Waals surface area contributed by atoms with E-state index in [1.165, 1.54) is 4.90 Å². The maximum Gasteiger partial charge on any atom is 0.138 e. The highest BCUT2D eigenvalue weighted by Crippen LogP contribution is 2.27. The van der Waals surface area contributed by atoms with Crippen LogP contribution in [-0.4, -0.2) is 50.5 Å². The van der Waals surface area contributed by atoms with E-state index in [4.69, 9.17) is 39.5 Å². The molecule has 2 aromatic rings. The van der Waals surface area contributed by atoms with Crippen molar-refractivity contribution in [2.45, 2.75) is 6.10 Å². The number of benzene rings is 2. The first-order chi connectivity index (χ1) is 12.5. The van der Waals surface area contributed by atoms with E-state index >= 15 is 0 Å². The van der Waals surface area contributed by atoms with Crippen molar-refractivity contribution >= 4 is 40.5 Å². The molecule has 0 aliphatic carbocycles. The first-order valence-electron chi connectivity index (χ1n) is 8.61. The first-order valence-corrected chi connectivity index (χ1v) is 9.74. The number of anilines is 1. The lowest BCUT2D eigenvalue weighted by atomic mass is 10.2. The molecule has 1 aliphatic heterocycles. The van der Waals surface area contributed by atoms with Crippen molar-refractivity contribution in [3.8, 4) is 5.75 Å². The van der Waals surface area contributed by atoms with E-state index in [1.807, 2.05) is 18.2 Å². The SMILES string of the molecule is OC(COc1ccc(Cl)cc1Cl)C[NH+]1CCN(c2cccc(Cl)c2)CC1. The van der Waals surface area contributed by atoms with Crippen LogP contribution >= 0.6 is 34.8 Å². The molecule has 0 spiro atoms. The van der Waals surface area contributed by atoms with Gasteiger partial charge in [-0.25, -0.2) is 0 Å². The molecule has 1 fully saturated rings. The molecule has 3 rings (SSSR count). The zero-order valence-corrected chi connectivity index (χ0v) is 16.6. The Morgan fingerprint density at radius 2 is 1.77 bits per heavy atom. The third-order valence-corrected chi connectivity index (χ3v) is 5.26. The number of nitrogens with zero attached hydrogens (tertiary/aromatic N) is 1. The van der Waals surface area contributed by atoms with Crippen LogP contribution in [0.15, 0.2) is 42.5 Å². The third kappa shape index (κ3) is 5.41. The topological polar surface area (TPSA) is 37.1 Å². The van der Waals surface area contributed by atoms with E-state index in [9.17, 15) is 5.11 Å². The van der Waals surface area contributed by atoms with Crippen LogP contribution in [0.2, 0.25) is 15.1 Å². The highest BCUT2D eigenvalue weighted by atomic mass is 35.5. The summed E-state index contributed by atoms with van der Waals surface area (Å²) in [6.45, 7) is 4.66. The fourth-order valence-corrected chi connectivity index (χ4v) is 3.78. The second kappa shape index (κ2) is 9.16. The van der Waals surface area contributed by atoms with Crippen molar-refractivity contribution in [2.24, 2.45) is 0 Å². The van der Waals surface area contributed by atoms with Crippen LogP contribution in [0.1, 0.15) is 0 Å². The van der Waals surface area contributed by atoms with Crippen LogP contribution in [0.25, 0.3) is 0 Å². The minimum absolute atomic E-state index is 0.211. The van der Waals surface area contributed by atoms with Gasteiger partial charge in [0.25, 0.3) is 0 Å². The number of aliphatic hydroxyl groups excluding tert-OH is 1. The number of halogens is 3. The van der Waals surface area contributed by atoms with Gasteiger partial charge in [-0.3, -0.25) is 0 Å². The maximum absolute atomic E-state index is 10.3. The van der Waals surface area contributed by atoms with Crippen molar-refractivity contribution in [2.75, 3.05) is 44.2 Å². The van der Waals surface area contributed by atoms with E-state index in [0.29, 0.717) is 22.3 Å². The molecule has 140 valence electrons. The first kappa shape index (κ1) is 19.6. The van der Waals surface area contributed by atoms with Crippen LogP contribution in [-0.2, 0) is 0 Å². The molecule has 1 heterocycles. The third-order valence-electron chi connectivity index (χ3n) is 4.49. The Labute approximate surface area is 168 Å². The molecule has 0 saturated carbocycles. The van der Waals surface area contributed by atoms with Gasteiger partial charge >= 0.3 is 0 Å². The molecule has 1 saturated heterocycles. The molecule has 2 N–H and O–H groups in total. The Kier molecular flexibility index (Phi) is 6.90. The molecule has 0 radical (unpaired) electrons.